The van der Waals surface area contributed by atoms with E-state index in [0.29, 0.717) is 6.04 Å². The zero-order valence-electron chi connectivity index (χ0n) is 6.80. The van der Waals surface area contributed by atoms with Crippen molar-refractivity contribution >= 4 is 0 Å². The molecule has 0 aliphatic heterocycles. The van der Waals surface area contributed by atoms with Gasteiger partial charge in [0.25, 0.3) is 0 Å². The number of hydrogen-bond acceptors (Lipinski definition) is 1. The van der Waals surface area contributed by atoms with Crippen LogP contribution in [0.4, 0.5) is 0 Å². The monoisotopic (exact) mass is 163 g/mol. The molecule has 1 nitrogen and oxygen atoms in total. The molecule has 1 aromatic carbocycles. The molecular weight excluding hydrogens is 146 g/mol. The number of rotatable bonds is 1. The number of nitrogens with one attached hydrogen (secondary N) is 1. The molecule has 2 rings (SSSR count). The predicted molar refractivity (Wildman–Crippen MR) is 53.4 cm³/mol. The van der Waals surface area contributed by atoms with E-state index in [4.69, 9.17) is 0 Å². The summed E-state index contributed by atoms with van der Waals surface area (Å²) in [7, 11) is 2.04. The second kappa shape index (κ2) is 3.72. The van der Waals surface area contributed by atoms with Crippen molar-refractivity contribution in [3.8, 4) is 0 Å². The van der Waals surface area contributed by atoms with Gasteiger partial charge in [0, 0.05) is 6.04 Å². The maximum absolute atomic E-state index is 3.31. The Morgan fingerprint density at radius 2 is 1.67 bits per heavy atom. The molecule has 0 aromatic heterocycles. The molecule has 0 heterocycles. The van der Waals surface area contributed by atoms with Crippen LogP contribution in [0.5, 0.6) is 0 Å². The lowest BCUT2D eigenvalue weighted by molar-refractivity contribution is 0.593. The van der Waals surface area contributed by atoms with E-state index in [9.17, 15) is 0 Å². The largest absolute Gasteiger partial charge is 0.316 e. The number of likely N-dealkylation sites (N-methyl/N-ethyl adjacent to an activating group) is 1. The number of hydrogen-bond donors (Lipinski definition) is 1. The molecule has 12 heavy (non-hydrogen) atoms. The van der Waals surface area contributed by atoms with E-state index in [1.54, 1.807) is 0 Å². The molecule has 0 spiro atoms. The third-order valence-electron chi connectivity index (χ3n) is 2.46. The summed E-state index contributed by atoms with van der Waals surface area (Å²) in [6, 6.07) is 9.38. The van der Waals surface area contributed by atoms with Gasteiger partial charge < -0.3 is 5.32 Å². The van der Waals surface area contributed by atoms with Crippen molar-refractivity contribution in [3.63, 3.8) is 0 Å². The number of benzene rings is 1. The fourth-order valence-electron chi connectivity index (χ4n) is 1.76. The Kier molecular flexibility index (Phi) is 2.88. The first-order valence-electron chi connectivity index (χ1n) is 4.14. The van der Waals surface area contributed by atoms with E-state index in [0.717, 1.165) is 0 Å². The lowest BCUT2D eigenvalue weighted by Crippen LogP contribution is -2.24. The van der Waals surface area contributed by atoms with Gasteiger partial charge in [0.05, 0.1) is 0 Å². The summed E-state index contributed by atoms with van der Waals surface area (Å²) < 4.78 is 0. The molecule has 1 heteroatoms. The van der Waals surface area contributed by atoms with Gasteiger partial charge in [-0.3, -0.25) is 0 Å². The Labute approximate surface area is 74.8 Å². The zero-order chi connectivity index (χ0) is 7.68. The van der Waals surface area contributed by atoms with Crippen molar-refractivity contribution in [2.24, 2.45) is 0 Å². The quantitative estimate of drug-likeness (QED) is 0.667. The maximum Gasteiger partial charge on any atom is 0.0145 e. The van der Waals surface area contributed by atoms with E-state index in [1.807, 2.05) is 7.05 Å². The zero-order valence-corrected chi connectivity index (χ0v) is 6.80. The summed E-state index contributed by atoms with van der Waals surface area (Å²) in [5.41, 5.74) is 3.04. The van der Waals surface area contributed by atoms with Crippen LogP contribution in [0.15, 0.2) is 24.3 Å². The summed E-state index contributed by atoms with van der Waals surface area (Å²) in [6.07, 6.45) is 2.40. The molecule has 0 fully saturated rings. The molecule has 66 valence electrons. The third kappa shape index (κ3) is 1.51. The molecule has 1 N–H and O–H groups in total. The van der Waals surface area contributed by atoms with Gasteiger partial charge in [-0.25, -0.2) is 0 Å². The Hall–Kier alpha value is -0.820. The van der Waals surface area contributed by atoms with E-state index >= 15 is 0 Å². The molecule has 0 saturated carbocycles. The van der Waals surface area contributed by atoms with Crippen LogP contribution < -0.4 is 5.32 Å². The van der Waals surface area contributed by atoms with Gasteiger partial charge in [0.15, 0.2) is 0 Å². The van der Waals surface area contributed by atoms with E-state index < -0.39 is 0 Å². The molecule has 0 saturated heterocycles. The molecule has 1 aliphatic carbocycles. The third-order valence-corrected chi connectivity index (χ3v) is 2.46. The lowest BCUT2D eigenvalue weighted by atomic mass is 10.1. The lowest BCUT2D eigenvalue weighted by Gasteiger charge is -2.04. The molecule has 0 atom stereocenters. The summed E-state index contributed by atoms with van der Waals surface area (Å²) in [5, 5.41) is 3.31. The van der Waals surface area contributed by atoms with E-state index in [-0.39, 0.29) is 7.43 Å². The van der Waals surface area contributed by atoms with Gasteiger partial charge in [-0.1, -0.05) is 31.7 Å². The number of fused-ring (bicyclic) bond motifs is 1. The average molecular weight is 163 g/mol. The summed E-state index contributed by atoms with van der Waals surface area (Å²) >= 11 is 0. The average Bonchev–Trinajstić information content (AvgIpc) is 2.46. The summed E-state index contributed by atoms with van der Waals surface area (Å²) in [6.45, 7) is 0. The van der Waals surface area contributed by atoms with Gasteiger partial charge in [-0.15, -0.1) is 0 Å². The van der Waals surface area contributed by atoms with Crippen molar-refractivity contribution < 1.29 is 0 Å². The van der Waals surface area contributed by atoms with Crippen LogP contribution in [0.25, 0.3) is 0 Å². The van der Waals surface area contributed by atoms with Crippen LogP contribution in [-0.2, 0) is 12.8 Å². The van der Waals surface area contributed by atoms with Crippen LogP contribution in [-0.4, -0.2) is 13.1 Å². The fourth-order valence-corrected chi connectivity index (χ4v) is 1.76. The molecule has 0 bridgehead atoms. The molecule has 0 amide bonds. The van der Waals surface area contributed by atoms with Gasteiger partial charge in [0.2, 0.25) is 0 Å². The van der Waals surface area contributed by atoms with E-state index in [1.165, 1.54) is 24.0 Å². The molecule has 0 unspecified atom stereocenters. The second-order valence-corrected chi connectivity index (χ2v) is 3.16. The first-order chi connectivity index (χ1) is 5.40. The van der Waals surface area contributed by atoms with Gasteiger partial charge in [-0.05, 0) is 31.0 Å². The van der Waals surface area contributed by atoms with Crippen LogP contribution in [0, 0.1) is 0 Å². The van der Waals surface area contributed by atoms with Crippen LogP contribution in [0.2, 0.25) is 0 Å². The van der Waals surface area contributed by atoms with Gasteiger partial charge in [-0.2, -0.15) is 0 Å². The van der Waals surface area contributed by atoms with E-state index in [2.05, 4.69) is 29.6 Å². The molecule has 0 radical (unpaired) electrons. The van der Waals surface area contributed by atoms with Crippen molar-refractivity contribution in [1.82, 2.24) is 5.32 Å². The Morgan fingerprint density at radius 3 is 2.08 bits per heavy atom. The van der Waals surface area contributed by atoms with Crippen LogP contribution in [0.3, 0.4) is 0 Å². The van der Waals surface area contributed by atoms with Crippen molar-refractivity contribution in [3.05, 3.63) is 35.4 Å². The SMILES string of the molecule is C.CNC1Cc2ccccc2C1. The molecule has 1 aromatic rings. The Balaban J connectivity index is 0.000000720. The Morgan fingerprint density at radius 1 is 1.17 bits per heavy atom. The highest BCUT2D eigenvalue weighted by Crippen LogP contribution is 2.20. The first-order valence-corrected chi connectivity index (χ1v) is 4.14. The first kappa shape index (κ1) is 9.27. The summed E-state index contributed by atoms with van der Waals surface area (Å²) in [4.78, 5) is 0. The standard InChI is InChI=1S/C10H13N.CH4/c1-11-10-6-8-4-2-3-5-9(8)7-10;/h2-5,10-11H,6-7H2,1H3;1H4. The van der Waals surface area contributed by atoms with Crippen molar-refractivity contribution in [1.29, 1.82) is 0 Å². The maximum atomic E-state index is 3.31. The minimum atomic E-state index is 0. The van der Waals surface area contributed by atoms with Crippen molar-refractivity contribution in [2.75, 3.05) is 7.05 Å². The smallest absolute Gasteiger partial charge is 0.0145 e. The normalized spacial score (nSPS) is 15.4. The van der Waals surface area contributed by atoms with Crippen LogP contribution in [0.1, 0.15) is 18.6 Å². The minimum absolute atomic E-state index is 0. The van der Waals surface area contributed by atoms with Gasteiger partial charge in [0.1, 0.15) is 0 Å². The Bertz CT molecular complexity index is 230. The second-order valence-electron chi connectivity index (χ2n) is 3.16. The highest BCUT2D eigenvalue weighted by Gasteiger charge is 2.18. The molecular formula is C11H17N. The van der Waals surface area contributed by atoms with Crippen LogP contribution >= 0.6 is 0 Å². The molecule has 1 aliphatic rings. The minimum Gasteiger partial charge on any atom is -0.316 e. The summed E-state index contributed by atoms with van der Waals surface area (Å²) in [5.74, 6) is 0. The highest BCUT2D eigenvalue weighted by atomic mass is 14.9. The fraction of sp³-hybridized carbons (Fsp3) is 0.455. The highest BCUT2D eigenvalue weighted by molar-refractivity contribution is 5.33. The van der Waals surface area contributed by atoms with Crippen molar-refractivity contribution in [2.45, 2.75) is 26.3 Å². The van der Waals surface area contributed by atoms with Gasteiger partial charge >= 0.3 is 0 Å². The predicted octanol–water partition coefficient (Wildman–Crippen LogP) is 2.01. The topological polar surface area (TPSA) is 12.0 Å².